The van der Waals surface area contributed by atoms with Crippen molar-refractivity contribution in [3.8, 4) is 0 Å². The fourth-order valence-electron chi connectivity index (χ4n) is 3.46. The van der Waals surface area contributed by atoms with Gasteiger partial charge < -0.3 is 19.9 Å². The van der Waals surface area contributed by atoms with Gasteiger partial charge >= 0.3 is 17.1 Å². The number of hydrogen-bond donors (Lipinski definition) is 3. The number of hydrogen-bond acceptors (Lipinski definition) is 4. The molecule has 0 unspecified atom stereocenters. The van der Waals surface area contributed by atoms with Crippen molar-refractivity contribution in [2.24, 2.45) is 0 Å². The predicted octanol–water partition coefficient (Wildman–Crippen LogP) is 1.31. The molecule has 8 heteroatoms. The van der Waals surface area contributed by atoms with Crippen LogP contribution in [0.1, 0.15) is 41.0 Å². The molecule has 0 spiro atoms. The van der Waals surface area contributed by atoms with Crippen molar-refractivity contribution >= 4 is 17.2 Å². The van der Waals surface area contributed by atoms with E-state index in [-0.39, 0.29) is 5.56 Å². The molecule has 0 saturated carbocycles. The fourth-order valence-corrected chi connectivity index (χ4v) is 3.46. The SMILES string of the molecule is O=C(O)c1ccn(C2=CC3=C(CC2)CCc2[nH]c(=O)c(=O)n(O)c23)c1. The highest BCUT2D eigenvalue weighted by molar-refractivity contribution is 5.88. The van der Waals surface area contributed by atoms with Crippen molar-refractivity contribution in [1.29, 1.82) is 0 Å². The molecule has 0 saturated heterocycles. The van der Waals surface area contributed by atoms with E-state index in [2.05, 4.69) is 4.98 Å². The molecule has 2 aromatic heterocycles. The number of fused-ring (bicyclic) bond motifs is 2. The van der Waals surface area contributed by atoms with Gasteiger partial charge in [-0.2, -0.15) is 0 Å². The van der Waals surface area contributed by atoms with Gasteiger partial charge in [0.2, 0.25) is 0 Å². The van der Waals surface area contributed by atoms with Gasteiger partial charge in [-0.1, -0.05) is 5.57 Å². The molecule has 2 aliphatic rings. The van der Waals surface area contributed by atoms with E-state index in [9.17, 15) is 19.6 Å². The molecule has 8 nitrogen and oxygen atoms in total. The van der Waals surface area contributed by atoms with Gasteiger partial charge in [0.15, 0.2) is 0 Å². The smallest absolute Gasteiger partial charge is 0.348 e. The summed E-state index contributed by atoms with van der Waals surface area (Å²) < 4.78 is 2.15. The molecule has 0 radical (unpaired) electrons. The Bertz CT molecular complexity index is 1080. The van der Waals surface area contributed by atoms with Gasteiger partial charge in [0, 0.05) is 29.4 Å². The molecule has 0 atom stereocenters. The molecule has 0 aromatic carbocycles. The first-order chi connectivity index (χ1) is 12.0. The van der Waals surface area contributed by atoms with Crippen molar-refractivity contribution < 1.29 is 15.1 Å². The highest BCUT2D eigenvalue weighted by Crippen LogP contribution is 2.38. The van der Waals surface area contributed by atoms with E-state index in [0.717, 1.165) is 30.5 Å². The zero-order chi connectivity index (χ0) is 17.7. The minimum atomic E-state index is -1.01. The Hall–Kier alpha value is -3.29. The van der Waals surface area contributed by atoms with Crippen molar-refractivity contribution in [2.45, 2.75) is 25.7 Å². The Balaban J connectivity index is 1.86. The number of nitrogens with zero attached hydrogens (tertiary/aromatic N) is 2. The minimum absolute atomic E-state index is 0.188. The summed E-state index contributed by atoms with van der Waals surface area (Å²) in [5.74, 6) is -1.00. The Kier molecular flexibility index (Phi) is 3.28. The van der Waals surface area contributed by atoms with Crippen LogP contribution in [-0.4, -0.2) is 30.6 Å². The third kappa shape index (κ3) is 2.34. The van der Waals surface area contributed by atoms with Crippen molar-refractivity contribution in [1.82, 2.24) is 14.3 Å². The molecule has 25 heavy (non-hydrogen) atoms. The third-order valence-electron chi connectivity index (χ3n) is 4.73. The largest absolute Gasteiger partial charge is 0.478 e. The van der Waals surface area contributed by atoms with Gasteiger partial charge in [-0.25, -0.2) is 4.79 Å². The second kappa shape index (κ2) is 5.37. The minimum Gasteiger partial charge on any atom is -0.478 e. The summed E-state index contributed by atoms with van der Waals surface area (Å²) in [4.78, 5) is 37.0. The molecule has 0 fully saturated rings. The summed E-state index contributed by atoms with van der Waals surface area (Å²) in [5.41, 5.74) is 1.85. The molecule has 3 N–H and O–H groups in total. The monoisotopic (exact) mass is 341 g/mol. The van der Waals surface area contributed by atoms with Gasteiger partial charge in [-0.05, 0) is 37.8 Å². The summed E-state index contributed by atoms with van der Waals surface area (Å²) in [6.45, 7) is 0. The Morgan fingerprint density at radius 3 is 2.64 bits per heavy atom. The second-order valence-corrected chi connectivity index (χ2v) is 6.16. The van der Waals surface area contributed by atoms with Crippen LogP contribution in [0, 0.1) is 0 Å². The van der Waals surface area contributed by atoms with E-state index in [1.165, 1.54) is 12.3 Å². The van der Waals surface area contributed by atoms with Gasteiger partial charge in [0.05, 0.1) is 5.56 Å². The predicted molar refractivity (Wildman–Crippen MR) is 88.6 cm³/mol. The number of aromatic carboxylic acids is 1. The zero-order valence-corrected chi connectivity index (χ0v) is 13.2. The highest BCUT2D eigenvalue weighted by atomic mass is 16.5. The molecule has 2 aromatic rings. The Morgan fingerprint density at radius 2 is 1.92 bits per heavy atom. The summed E-state index contributed by atoms with van der Waals surface area (Å²) >= 11 is 0. The number of aryl methyl sites for hydroxylation is 1. The number of aromatic nitrogens is 3. The van der Waals surface area contributed by atoms with Crippen LogP contribution >= 0.6 is 0 Å². The molecule has 128 valence electrons. The third-order valence-corrected chi connectivity index (χ3v) is 4.73. The summed E-state index contributed by atoms with van der Waals surface area (Å²) in [7, 11) is 0. The first kappa shape index (κ1) is 15.3. The standard InChI is InChI=1S/C17H15N3O5/c21-15-16(22)20(25)14-12-7-11(19-6-5-10(8-19)17(23)24)3-1-9(12)2-4-13(14)18-15/h5-8,25H,1-4H2,(H,18,21)(H,23,24). The van der Waals surface area contributed by atoms with E-state index >= 15 is 0 Å². The van der Waals surface area contributed by atoms with Gasteiger partial charge in [-0.15, -0.1) is 4.73 Å². The molecular formula is C17H15N3O5. The van der Waals surface area contributed by atoms with Crippen LogP contribution in [0.25, 0.3) is 11.3 Å². The summed E-state index contributed by atoms with van der Waals surface area (Å²) in [6, 6.07) is 1.52. The number of carbonyl (C=O) groups is 1. The van der Waals surface area contributed by atoms with Crippen LogP contribution in [0.2, 0.25) is 0 Å². The zero-order valence-electron chi connectivity index (χ0n) is 13.2. The maximum absolute atomic E-state index is 11.8. The van der Waals surface area contributed by atoms with Crippen LogP contribution < -0.4 is 11.1 Å². The van der Waals surface area contributed by atoms with E-state index in [4.69, 9.17) is 5.11 Å². The van der Waals surface area contributed by atoms with Gasteiger partial charge in [0.1, 0.15) is 5.69 Å². The maximum Gasteiger partial charge on any atom is 0.348 e. The second-order valence-electron chi connectivity index (χ2n) is 6.16. The number of carboxylic acid groups (broad SMARTS) is 1. The number of nitrogens with one attached hydrogen (secondary N) is 1. The van der Waals surface area contributed by atoms with E-state index < -0.39 is 17.1 Å². The van der Waals surface area contributed by atoms with Crippen LogP contribution in [0.5, 0.6) is 0 Å². The lowest BCUT2D eigenvalue weighted by Crippen LogP contribution is -2.39. The van der Waals surface area contributed by atoms with Crippen LogP contribution in [-0.2, 0) is 6.42 Å². The first-order valence-electron chi connectivity index (χ1n) is 7.88. The fraction of sp³-hybridized carbons (Fsp3) is 0.235. The quantitative estimate of drug-likeness (QED) is 0.562. The van der Waals surface area contributed by atoms with Crippen LogP contribution in [0.3, 0.4) is 0 Å². The summed E-state index contributed by atoms with van der Waals surface area (Å²) in [6.07, 6.45) is 7.81. The average molecular weight is 341 g/mol. The van der Waals surface area contributed by atoms with Crippen LogP contribution in [0.15, 0.2) is 39.7 Å². The molecule has 4 rings (SSSR count). The van der Waals surface area contributed by atoms with E-state index in [1.807, 2.05) is 6.08 Å². The molecule has 2 aliphatic carbocycles. The lowest BCUT2D eigenvalue weighted by molar-refractivity contribution is 0.0697. The van der Waals surface area contributed by atoms with Crippen LogP contribution in [0.4, 0.5) is 0 Å². The van der Waals surface area contributed by atoms with E-state index in [0.29, 0.717) is 28.1 Å². The average Bonchev–Trinajstić information content (AvgIpc) is 3.09. The molecular weight excluding hydrogens is 326 g/mol. The van der Waals surface area contributed by atoms with Crippen molar-refractivity contribution in [3.05, 3.63) is 67.8 Å². The van der Waals surface area contributed by atoms with Crippen molar-refractivity contribution in [2.75, 3.05) is 0 Å². The number of aromatic amines is 1. The topological polar surface area (TPSA) is 117 Å². The lowest BCUT2D eigenvalue weighted by atomic mass is 9.85. The Labute approximate surface area is 140 Å². The molecule has 0 amide bonds. The Morgan fingerprint density at radius 1 is 1.16 bits per heavy atom. The maximum atomic E-state index is 11.8. The van der Waals surface area contributed by atoms with Crippen molar-refractivity contribution in [3.63, 3.8) is 0 Å². The number of carboxylic acids is 1. The lowest BCUT2D eigenvalue weighted by Gasteiger charge is -2.26. The molecule has 0 bridgehead atoms. The van der Waals surface area contributed by atoms with E-state index in [1.54, 1.807) is 10.8 Å². The van der Waals surface area contributed by atoms with Gasteiger partial charge in [0.25, 0.3) is 0 Å². The summed E-state index contributed by atoms with van der Waals surface area (Å²) in [5, 5.41) is 19.2. The molecule has 0 aliphatic heterocycles. The highest BCUT2D eigenvalue weighted by Gasteiger charge is 2.26. The van der Waals surface area contributed by atoms with Gasteiger partial charge in [-0.3, -0.25) is 9.59 Å². The first-order valence-corrected chi connectivity index (χ1v) is 7.88. The number of allylic oxidation sites excluding steroid dienone is 4. The molecule has 2 heterocycles. The normalized spacial score (nSPS) is 16.2. The number of H-pyrrole nitrogens is 1. The number of rotatable bonds is 2.